The molecule has 0 heterocycles. The molecule has 0 atom stereocenters. The van der Waals surface area contributed by atoms with Gasteiger partial charge in [-0.15, -0.1) is 0 Å². The van der Waals surface area contributed by atoms with Gasteiger partial charge < -0.3 is 19.9 Å². The number of aliphatic hydroxyl groups is 1. The van der Waals surface area contributed by atoms with Gasteiger partial charge in [0.25, 0.3) is 12.4 Å². The van der Waals surface area contributed by atoms with Gasteiger partial charge in [0.05, 0.1) is 19.8 Å². The first-order valence-corrected chi connectivity index (χ1v) is 3.81. The van der Waals surface area contributed by atoms with E-state index in [2.05, 4.69) is 10.1 Å². The van der Waals surface area contributed by atoms with Gasteiger partial charge in [0, 0.05) is 6.54 Å². The maximum absolute atomic E-state index is 10.7. The lowest BCUT2D eigenvalue weighted by Gasteiger charge is -2.04. The fraction of sp³-hybridized carbons (Fsp3) is 0.714. The van der Waals surface area contributed by atoms with Crippen LogP contribution in [0.2, 0.25) is 0 Å². The molecule has 0 aliphatic heterocycles. The van der Waals surface area contributed by atoms with Gasteiger partial charge in [-0.2, -0.15) is 0 Å². The maximum atomic E-state index is 10.7. The van der Waals surface area contributed by atoms with Crippen LogP contribution in [0.5, 0.6) is 0 Å². The Balaban J connectivity index is 3.12. The number of ether oxygens (including phenoxy) is 2. The van der Waals surface area contributed by atoms with Crippen LogP contribution < -0.4 is 5.32 Å². The molecule has 0 spiro atoms. The summed E-state index contributed by atoms with van der Waals surface area (Å²) in [5, 5.41) is 10.8. The standard InChI is InChI=1S/C7H13NO5/c9-2-4-12-3-1-8-7(11)5-13-6-10/h6,9H,1-5H2,(H,8,11). The molecule has 0 bridgehead atoms. The minimum atomic E-state index is -0.375. The molecule has 0 saturated heterocycles. The summed E-state index contributed by atoms with van der Waals surface area (Å²) in [6.45, 7) is 0.808. The van der Waals surface area contributed by atoms with Crippen molar-refractivity contribution in [1.82, 2.24) is 5.32 Å². The Bertz CT molecular complexity index is 150. The quantitative estimate of drug-likeness (QED) is 0.352. The van der Waals surface area contributed by atoms with E-state index in [4.69, 9.17) is 9.84 Å². The monoisotopic (exact) mass is 191 g/mol. The summed E-state index contributed by atoms with van der Waals surface area (Å²) in [5.41, 5.74) is 0. The van der Waals surface area contributed by atoms with Crippen molar-refractivity contribution < 1.29 is 24.2 Å². The molecule has 6 nitrogen and oxygen atoms in total. The Labute approximate surface area is 75.8 Å². The highest BCUT2D eigenvalue weighted by molar-refractivity contribution is 5.77. The molecule has 1 amide bonds. The van der Waals surface area contributed by atoms with Crippen LogP contribution >= 0.6 is 0 Å². The summed E-state index contributed by atoms with van der Waals surface area (Å²) >= 11 is 0. The van der Waals surface area contributed by atoms with E-state index in [9.17, 15) is 9.59 Å². The second-order valence-corrected chi connectivity index (χ2v) is 2.09. The van der Waals surface area contributed by atoms with E-state index in [1.807, 2.05) is 0 Å². The van der Waals surface area contributed by atoms with Crippen molar-refractivity contribution in [3.05, 3.63) is 0 Å². The molecule has 0 aliphatic carbocycles. The van der Waals surface area contributed by atoms with Crippen LogP contribution in [0.3, 0.4) is 0 Å². The molecule has 0 saturated carbocycles. The smallest absolute Gasteiger partial charge is 0.293 e. The zero-order chi connectivity index (χ0) is 9.94. The minimum absolute atomic E-state index is 0.0395. The van der Waals surface area contributed by atoms with E-state index in [1.54, 1.807) is 0 Å². The van der Waals surface area contributed by atoms with Crippen LogP contribution in [0.25, 0.3) is 0 Å². The number of aliphatic hydroxyl groups excluding tert-OH is 1. The zero-order valence-corrected chi connectivity index (χ0v) is 7.19. The van der Waals surface area contributed by atoms with Crippen molar-refractivity contribution in [2.75, 3.05) is 33.0 Å². The highest BCUT2D eigenvalue weighted by Crippen LogP contribution is 1.73. The Morgan fingerprint density at radius 1 is 1.46 bits per heavy atom. The molecular formula is C7H13NO5. The molecule has 0 rings (SSSR count). The average molecular weight is 191 g/mol. The fourth-order valence-electron chi connectivity index (χ4n) is 0.590. The first kappa shape index (κ1) is 11.9. The molecular weight excluding hydrogens is 178 g/mol. The Hall–Kier alpha value is -1.14. The number of amides is 1. The SMILES string of the molecule is O=COCC(=O)NCCOCCO. The highest BCUT2D eigenvalue weighted by atomic mass is 16.5. The van der Waals surface area contributed by atoms with Crippen molar-refractivity contribution in [2.24, 2.45) is 0 Å². The summed E-state index contributed by atoms with van der Waals surface area (Å²) in [6.07, 6.45) is 0. The summed E-state index contributed by atoms with van der Waals surface area (Å²) in [7, 11) is 0. The summed E-state index contributed by atoms with van der Waals surface area (Å²) in [4.78, 5) is 20.4. The van der Waals surface area contributed by atoms with Crippen LogP contribution in [0.15, 0.2) is 0 Å². The van der Waals surface area contributed by atoms with Gasteiger partial charge in [0.1, 0.15) is 0 Å². The Kier molecular flexibility index (Phi) is 8.17. The third-order valence-corrected chi connectivity index (χ3v) is 1.09. The van der Waals surface area contributed by atoms with Gasteiger partial charge in [-0.1, -0.05) is 0 Å². The van der Waals surface area contributed by atoms with E-state index in [1.165, 1.54) is 0 Å². The van der Waals surface area contributed by atoms with Crippen molar-refractivity contribution in [1.29, 1.82) is 0 Å². The van der Waals surface area contributed by atoms with Gasteiger partial charge in [-0.25, -0.2) is 0 Å². The zero-order valence-electron chi connectivity index (χ0n) is 7.19. The normalized spacial score (nSPS) is 9.31. The van der Waals surface area contributed by atoms with Gasteiger partial charge in [0.2, 0.25) is 0 Å². The number of carbonyl (C=O) groups excluding carboxylic acids is 2. The Morgan fingerprint density at radius 2 is 2.23 bits per heavy atom. The van der Waals surface area contributed by atoms with E-state index in [-0.39, 0.29) is 32.2 Å². The van der Waals surface area contributed by atoms with E-state index < -0.39 is 0 Å². The summed E-state index contributed by atoms with van der Waals surface area (Å²) < 4.78 is 9.06. The molecule has 0 aromatic heterocycles. The number of nitrogens with one attached hydrogen (secondary N) is 1. The van der Waals surface area contributed by atoms with Crippen LogP contribution in [-0.2, 0) is 19.1 Å². The molecule has 0 aromatic carbocycles. The molecule has 0 fully saturated rings. The lowest BCUT2D eigenvalue weighted by Crippen LogP contribution is -2.30. The van der Waals surface area contributed by atoms with Crippen molar-refractivity contribution >= 4 is 12.4 Å². The molecule has 6 heteroatoms. The fourth-order valence-corrected chi connectivity index (χ4v) is 0.590. The van der Waals surface area contributed by atoms with Crippen LogP contribution in [0.1, 0.15) is 0 Å². The number of hydrogen-bond acceptors (Lipinski definition) is 5. The first-order valence-electron chi connectivity index (χ1n) is 3.81. The topological polar surface area (TPSA) is 84.9 Å². The molecule has 0 radical (unpaired) electrons. The van der Waals surface area contributed by atoms with E-state index in [0.29, 0.717) is 13.2 Å². The lowest BCUT2D eigenvalue weighted by molar-refractivity contribution is -0.137. The summed E-state index contributed by atoms with van der Waals surface area (Å²) in [6, 6.07) is 0. The molecule has 76 valence electrons. The number of carbonyl (C=O) groups is 2. The van der Waals surface area contributed by atoms with Gasteiger partial charge in [-0.3, -0.25) is 9.59 Å². The number of hydrogen-bond donors (Lipinski definition) is 2. The third kappa shape index (κ3) is 8.77. The van der Waals surface area contributed by atoms with Crippen molar-refractivity contribution in [3.8, 4) is 0 Å². The summed E-state index contributed by atoms with van der Waals surface area (Å²) in [5.74, 6) is -0.375. The van der Waals surface area contributed by atoms with Crippen molar-refractivity contribution in [3.63, 3.8) is 0 Å². The second-order valence-electron chi connectivity index (χ2n) is 2.09. The predicted molar refractivity (Wildman–Crippen MR) is 42.9 cm³/mol. The molecule has 2 N–H and O–H groups in total. The van der Waals surface area contributed by atoms with Crippen LogP contribution in [0, 0.1) is 0 Å². The Morgan fingerprint density at radius 3 is 2.85 bits per heavy atom. The van der Waals surface area contributed by atoms with Gasteiger partial charge in [0.15, 0.2) is 6.61 Å². The van der Waals surface area contributed by atoms with Crippen LogP contribution in [0.4, 0.5) is 0 Å². The molecule has 0 unspecified atom stereocenters. The minimum Gasteiger partial charge on any atom is -0.458 e. The average Bonchev–Trinajstić information content (AvgIpc) is 2.14. The van der Waals surface area contributed by atoms with Gasteiger partial charge >= 0.3 is 0 Å². The number of rotatable bonds is 8. The molecule has 0 aromatic rings. The van der Waals surface area contributed by atoms with Crippen molar-refractivity contribution in [2.45, 2.75) is 0 Å². The third-order valence-electron chi connectivity index (χ3n) is 1.09. The lowest BCUT2D eigenvalue weighted by atomic mass is 10.6. The van der Waals surface area contributed by atoms with E-state index in [0.717, 1.165) is 0 Å². The van der Waals surface area contributed by atoms with Gasteiger partial charge in [-0.05, 0) is 0 Å². The highest BCUT2D eigenvalue weighted by Gasteiger charge is 1.98. The second kappa shape index (κ2) is 8.95. The first-order chi connectivity index (χ1) is 6.31. The maximum Gasteiger partial charge on any atom is 0.293 e. The molecule has 13 heavy (non-hydrogen) atoms. The van der Waals surface area contributed by atoms with Crippen LogP contribution in [-0.4, -0.2) is 50.5 Å². The largest absolute Gasteiger partial charge is 0.458 e. The molecule has 0 aliphatic rings. The van der Waals surface area contributed by atoms with E-state index >= 15 is 0 Å². The predicted octanol–water partition coefficient (Wildman–Crippen LogP) is -1.72.